The zero-order chi connectivity index (χ0) is 20.8. The molecular formula is C22H26N2O5. The summed E-state index contributed by atoms with van der Waals surface area (Å²) in [7, 11) is 1.61. The van der Waals surface area contributed by atoms with Gasteiger partial charge < -0.3 is 13.9 Å². The van der Waals surface area contributed by atoms with Gasteiger partial charge in [-0.25, -0.2) is 5.01 Å². The molecule has 7 nitrogen and oxygen atoms in total. The molecule has 1 aliphatic heterocycles. The molecule has 0 bridgehead atoms. The summed E-state index contributed by atoms with van der Waals surface area (Å²) in [4.78, 5) is 24.6. The van der Waals surface area contributed by atoms with Crippen LogP contribution in [0.15, 0.2) is 52.2 Å². The van der Waals surface area contributed by atoms with Crippen molar-refractivity contribution in [3.8, 4) is 5.75 Å². The summed E-state index contributed by atoms with van der Waals surface area (Å²) in [6.07, 6.45) is 3.10. The van der Waals surface area contributed by atoms with Gasteiger partial charge in [-0.15, -0.1) is 0 Å². The highest BCUT2D eigenvalue weighted by Gasteiger charge is 2.35. The molecule has 29 heavy (non-hydrogen) atoms. The lowest BCUT2D eigenvalue weighted by Gasteiger charge is -2.19. The molecule has 1 aromatic heterocycles. The third kappa shape index (κ3) is 5.25. The second-order valence-corrected chi connectivity index (χ2v) is 7.34. The maximum Gasteiger partial charge on any atom is 0.306 e. The van der Waals surface area contributed by atoms with Crippen LogP contribution in [0.5, 0.6) is 5.75 Å². The molecule has 2 heterocycles. The summed E-state index contributed by atoms with van der Waals surface area (Å²) in [5, 5.41) is 5.87. The molecule has 0 saturated heterocycles. The van der Waals surface area contributed by atoms with Gasteiger partial charge in [0, 0.05) is 12.8 Å². The fourth-order valence-corrected chi connectivity index (χ4v) is 3.09. The van der Waals surface area contributed by atoms with Crippen molar-refractivity contribution in [2.45, 2.75) is 39.2 Å². The van der Waals surface area contributed by atoms with Crippen LogP contribution in [0.25, 0.3) is 0 Å². The van der Waals surface area contributed by atoms with Crippen LogP contribution in [0.1, 0.15) is 50.5 Å². The minimum atomic E-state index is -0.382. The molecule has 0 spiro atoms. The Morgan fingerprint density at radius 2 is 2.00 bits per heavy atom. The van der Waals surface area contributed by atoms with Crippen molar-refractivity contribution in [3.63, 3.8) is 0 Å². The van der Waals surface area contributed by atoms with Gasteiger partial charge in [0.15, 0.2) is 6.61 Å². The number of benzene rings is 1. The Morgan fingerprint density at radius 1 is 1.24 bits per heavy atom. The minimum absolute atomic E-state index is 0.299. The van der Waals surface area contributed by atoms with E-state index in [2.05, 4.69) is 5.10 Å². The van der Waals surface area contributed by atoms with E-state index in [-0.39, 0.29) is 24.5 Å². The lowest BCUT2D eigenvalue weighted by Crippen LogP contribution is -2.31. The van der Waals surface area contributed by atoms with Crippen LogP contribution in [0.4, 0.5) is 0 Å². The lowest BCUT2D eigenvalue weighted by molar-refractivity contribution is -0.153. The van der Waals surface area contributed by atoms with Crippen molar-refractivity contribution >= 4 is 17.6 Å². The van der Waals surface area contributed by atoms with Gasteiger partial charge in [0.1, 0.15) is 17.6 Å². The van der Waals surface area contributed by atoms with E-state index in [4.69, 9.17) is 13.9 Å². The zero-order valence-corrected chi connectivity index (χ0v) is 17.0. The van der Waals surface area contributed by atoms with Crippen molar-refractivity contribution in [1.82, 2.24) is 5.01 Å². The summed E-state index contributed by atoms with van der Waals surface area (Å²) < 4.78 is 15.9. The Kier molecular flexibility index (Phi) is 6.69. The molecule has 1 aliphatic rings. The molecule has 0 saturated carbocycles. The number of nitrogens with zero attached hydrogens (tertiary/aromatic N) is 2. The Hall–Kier alpha value is -3.09. The van der Waals surface area contributed by atoms with Crippen molar-refractivity contribution in [3.05, 3.63) is 54.0 Å². The monoisotopic (exact) mass is 398 g/mol. The molecular weight excluding hydrogens is 372 g/mol. The van der Waals surface area contributed by atoms with Crippen molar-refractivity contribution in [1.29, 1.82) is 0 Å². The number of carbonyl (C=O) groups excluding carboxylic acids is 2. The third-order valence-electron chi connectivity index (χ3n) is 4.74. The van der Waals surface area contributed by atoms with Crippen LogP contribution >= 0.6 is 0 Å². The van der Waals surface area contributed by atoms with Gasteiger partial charge in [-0.1, -0.05) is 13.8 Å². The number of rotatable bonds is 8. The first kappa shape index (κ1) is 20.6. The van der Waals surface area contributed by atoms with Crippen LogP contribution in [-0.2, 0) is 14.3 Å². The molecule has 154 valence electrons. The quantitative estimate of drug-likeness (QED) is 0.629. The number of ether oxygens (including phenoxy) is 2. The second-order valence-electron chi connectivity index (χ2n) is 7.34. The highest BCUT2D eigenvalue weighted by molar-refractivity contribution is 6.03. The minimum Gasteiger partial charge on any atom is -0.497 e. The number of esters is 1. The van der Waals surface area contributed by atoms with E-state index in [1.54, 1.807) is 19.4 Å². The molecule has 0 fully saturated rings. The maximum absolute atomic E-state index is 12.8. The number of methoxy groups -OCH3 is 1. The Labute approximate surface area is 170 Å². The van der Waals surface area contributed by atoms with Gasteiger partial charge in [-0.3, -0.25) is 9.59 Å². The van der Waals surface area contributed by atoms with E-state index >= 15 is 0 Å². The fourth-order valence-electron chi connectivity index (χ4n) is 3.09. The van der Waals surface area contributed by atoms with Crippen LogP contribution in [0.3, 0.4) is 0 Å². The SMILES string of the molecule is COc1ccc(C2=NN(C(=O)COC(=O)CCC(C)C)[C@H](c3ccco3)C2)cc1. The molecule has 7 heteroatoms. The Morgan fingerprint density at radius 3 is 2.62 bits per heavy atom. The smallest absolute Gasteiger partial charge is 0.306 e. The Bertz CT molecular complexity index is 856. The molecule has 3 rings (SSSR count). The summed E-state index contributed by atoms with van der Waals surface area (Å²) in [5.74, 6) is 1.03. The molecule has 0 radical (unpaired) electrons. The number of hydrazone groups is 1. The fraction of sp³-hybridized carbons (Fsp3) is 0.409. The molecule has 1 amide bonds. The first-order valence-corrected chi connectivity index (χ1v) is 9.71. The number of hydrogen-bond acceptors (Lipinski definition) is 6. The van der Waals surface area contributed by atoms with E-state index in [0.29, 0.717) is 24.5 Å². The largest absolute Gasteiger partial charge is 0.497 e. The predicted molar refractivity (Wildman–Crippen MR) is 107 cm³/mol. The summed E-state index contributed by atoms with van der Waals surface area (Å²) in [6.45, 7) is 3.73. The van der Waals surface area contributed by atoms with Crippen molar-refractivity contribution in [2.75, 3.05) is 13.7 Å². The first-order chi connectivity index (χ1) is 14.0. The van der Waals surface area contributed by atoms with Crippen molar-refractivity contribution < 1.29 is 23.5 Å². The van der Waals surface area contributed by atoms with Crippen LogP contribution in [0, 0.1) is 5.92 Å². The molecule has 0 aliphatic carbocycles. The van der Waals surface area contributed by atoms with Gasteiger partial charge in [0.25, 0.3) is 5.91 Å². The number of furan rings is 1. The summed E-state index contributed by atoms with van der Waals surface area (Å²) in [5.41, 5.74) is 1.65. The molecule has 1 aromatic carbocycles. The van der Waals surface area contributed by atoms with Gasteiger partial charge in [-0.05, 0) is 54.3 Å². The molecule has 0 unspecified atom stereocenters. The number of carbonyl (C=O) groups is 2. The number of amides is 1. The molecule has 0 N–H and O–H groups in total. The van der Waals surface area contributed by atoms with Crippen LogP contribution in [0.2, 0.25) is 0 Å². The Balaban J connectivity index is 1.72. The normalized spacial score (nSPS) is 16.1. The lowest BCUT2D eigenvalue weighted by atomic mass is 10.0. The standard InChI is InChI=1S/C22H26N2O5/c1-15(2)6-11-22(26)29-14-21(25)24-19(20-5-4-12-28-20)13-18(23-24)16-7-9-17(27-3)10-8-16/h4-5,7-10,12,15,19H,6,11,13-14H2,1-3H3/t19-/m0/s1. The van der Waals surface area contributed by atoms with E-state index in [0.717, 1.165) is 23.4 Å². The van der Waals surface area contributed by atoms with E-state index < -0.39 is 0 Å². The average molecular weight is 398 g/mol. The van der Waals surface area contributed by atoms with E-state index in [9.17, 15) is 9.59 Å². The van der Waals surface area contributed by atoms with Gasteiger partial charge >= 0.3 is 5.97 Å². The predicted octanol–water partition coefficient (Wildman–Crippen LogP) is 3.95. The maximum atomic E-state index is 12.8. The van der Waals surface area contributed by atoms with Crippen LogP contribution < -0.4 is 4.74 Å². The number of hydrogen-bond donors (Lipinski definition) is 0. The van der Waals surface area contributed by atoms with Gasteiger partial charge in [0.05, 0.1) is 19.1 Å². The highest BCUT2D eigenvalue weighted by atomic mass is 16.5. The third-order valence-corrected chi connectivity index (χ3v) is 4.74. The highest BCUT2D eigenvalue weighted by Crippen LogP contribution is 2.33. The summed E-state index contributed by atoms with van der Waals surface area (Å²) >= 11 is 0. The molecule has 1 atom stereocenters. The van der Waals surface area contributed by atoms with Crippen LogP contribution in [-0.4, -0.2) is 36.3 Å². The topological polar surface area (TPSA) is 81.3 Å². The zero-order valence-electron chi connectivity index (χ0n) is 17.0. The van der Waals surface area contributed by atoms with E-state index in [1.165, 1.54) is 5.01 Å². The average Bonchev–Trinajstić information content (AvgIpc) is 3.40. The molecule has 2 aromatic rings. The first-order valence-electron chi connectivity index (χ1n) is 9.71. The van der Waals surface area contributed by atoms with E-state index in [1.807, 2.05) is 44.2 Å². The summed E-state index contributed by atoms with van der Waals surface area (Å²) in [6, 6.07) is 10.7. The van der Waals surface area contributed by atoms with Crippen molar-refractivity contribution in [2.24, 2.45) is 11.0 Å². The van der Waals surface area contributed by atoms with Gasteiger partial charge in [-0.2, -0.15) is 5.10 Å². The van der Waals surface area contributed by atoms with Gasteiger partial charge in [0.2, 0.25) is 0 Å². The second kappa shape index (κ2) is 9.41.